The minimum absolute atomic E-state index is 0.125. The standard InChI is InChI=1S/C10H9FN4O/c1-7(16)13-10-6-8(2-3-9(10)11)15-5-4-12-14-15/h2-6H,1H3,(H,13,16). The fourth-order valence-electron chi connectivity index (χ4n) is 1.29. The average Bonchev–Trinajstić information content (AvgIpc) is 2.73. The first-order valence-electron chi connectivity index (χ1n) is 4.60. The quantitative estimate of drug-likeness (QED) is 0.831. The van der Waals surface area contributed by atoms with Gasteiger partial charge in [0, 0.05) is 6.92 Å². The normalized spacial score (nSPS) is 10.1. The van der Waals surface area contributed by atoms with Crippen molar-refractivity contribution in [3.63, 3.8) is 0 Å². The highest BCUT2D eigenvalue weighted by molar-refractivity contribution is 5.89. The predicted octanol–water partition coefficient (Wildman–Crippen LogP) is 1.36. The molecule has 1 aromatic carbocycles. The molecule has 2 aromatic rings. The number of aromatic nitrogens is 3. The van der Waals surface area contributed by atoms with Gasteiger partial charge in [0.2, 0.25) is 5.91 Å². The summed E-state index contributed by atoms with van der Waals surface area (Å²) >= 11 is 0. The Morgan fingerprint density at radius 2 is 2.31 bits per heavy atom. The first-order chi connectivity index (χ1) is 7.66. The molecule has 1 N–H and O–H groups in total. The molecular formula is C10H9FN4O. The van der Waals surface area contributed by atoms with E-state index in [0.717, 1.165) is 0 Å². The molecule has 0 saturated carbocycles. The molecule has 0 aliphatic heterocycles. The van der Waals surface area contributed by atoms with Gasteiger partial charge in [0.15, 0.2) is 0 Å². The molecule has 0 saturated heterocycles. The van der Waals surface area contributed by atoms with Crippen molar-refractivity contribution in [2.75, 3.05) is 5.32 Å². The van der Waals surface area contributed by atoms with E-state index in [1.54, 1.807) is 12.3 Å². The van der Waals surface area contributed by atoms with Crippen molar-refractivity contribution < 1.29 is 9.18 Å². The van der Waals surface area contributed by atoms with Crippen LogP contribution in [0, 0.1) is 5.82 Å². The Hall–Kier alpha value is -2.24. The van der Waals surface area contributed by atoms with Gasteiger partial charge in [-0.25, -0.2) is 9.07 Å². The number of rotatable bonds is 2. The van der Waals surface area contributed by atoms with Gasteiger partial charge in [-0.1, -0.05) is 5.21 Å². The number of carbonyl (C=O) groups is 1. The van der Waals surface area contributed by atoms with Gasteiger partial charge in [0.1, 0.15) is 5.82 Å². The van der Waals surface area contributed by atoms with E-state index in [2.05, 4.69) is 15.6 Å². The van der Waals surface area contributed by atoms with Gasteiger partial charge in [0.05, 0.1) is 23.8 Å². The number of hydrogen-bond acceptors (Lipinski definition) is 3. The first-order valence-corrected chi connectivity index (χ1v) is 4.60. The number of amides is 1. The third kappa shape index (κ3) is 2.05. The Bertz CT molecular complexity index is 510. The summed E-state index contributed by atoms with van der Waals surface area (Å²) in [6.07, 6.45) is 3.15. The largest absolute Gasteiger partial charge is 0.324 e. The van der Waals surface area contributed by atoms with E-state index in [-0.39, 0.29) is 11.6 Å². The SMILES string of the molecule is CC(=O)Nc1cc(-n2ccnn2)ccc1F. The summed E-state index contributed by atoms with van der Waals surface area (Å²) in [4.78, 5) is 10.9. The van der Waals surface area contributed by atoms with Crippen LogP contribution >= 0.6 is 0 Å². The van der Waals surface area contributed by atoms with Crippen LogP contribution in [0.5, 0.6) is 0 Å². The van der Waals surface area contributed by atoms with Gasteiger partial charge in [-0.05, 0) is 18.2 Å². The molecule has 0 spiro atoms. The lowest BCUT2D eigenvalue weighted by Crippen LogP contribution is -2.08. The molecule has 16 heavy (non-hydrogen) atoms. The number of nitrogens with zero attached hydrogens (tertiary/aromatic N) is 3. The Balaban J connectivity index is 2.39. The second-order valence-electron chi connectivity index (χ2n) is 3.19. The van der Waals surface area contributed by atoms with Crippen molar-refractivity contribution in [2.24, 2.45) is 0 Å². The van der Waals surface area contributed by atoms with Crippen LogP contribution in [-0.4, -0.2) is 20.9 Å². The molecule has 1 amide bonds. The molecule has 0 bridgehead atoms. The van der Waals surface area contributed by atoms with E-state index in [9.17, 15) is 9.18 Å². The Morgan fingerprint density at radius 3 is 2.94 bits per heavy atom. The Labute approximate surface area is 90.9 Å². The maximum Gasteiger partial charge on any atom is 0.221 e. The highest BCUT2D eigenvalue weighted by Gasteiger charge is 2.06. The number of nitrogens with one attached hydrogen (secondary N) is 1. The molecule has 0 atom stereocenters. The van der Waals surface area contributed by atoms with Gasteiger partial charge >= 0.3 is 0 Å². The van der Waals surface area contributed by atoms with Crippen LogP contribution in [0.4, 0.5) is 10.1 Å². The summed E-state index contributed by atoms with van der Waals surface area (Å²) < 4.78 is 14.8. The zero-order chi connectivity index (χ0) is 11.5. The number of benzene rings is 1. The van der Waals surface area contributed by atoms with Crippen LogP contribution in [0.25, 0.3) is 5.69 Å². The smallest absolute Gasteiger partial charge is 0.221 e. The molecule has 1 aromatic heterocycles. The third-order valence-corrected chi connectivity index (χ3v) is 1.95. The third-order valence-electron chi connectivity index (χ3n) is 1.95. The van der Waals surface area contributed by atoms with E-state index in [1.807, 2.05) is 0 Å². The summed E-state index contributed by atoms with van der Waals surface area (Å²) in [5, 5.41) is 9.81. The van der Waals surface area contributed by atoms with Crippen LogP contribution in [0.1, 0.15) is 6.92 Å². The van der Waals surface area contributed by atoms with Crippen LogP contribution < -0.4 is 5.32 Å². The fourth-order valence-corrected chi connectivity index (χ4v) is 1.29. The minimum Gasteiger partial charge on any atom is -0.324 e. The predicted molar refractivity (Wildman–Crippen MR) is 55.6 cm³/mol. The lowest BCUT2D eigenvalue weighted by atomic mass is 10.2. The van der Waals surface area contributed by atoms with E-state index >= 15 is 0 Å². The summed E-state index contributed by atoms with van der Waals surface area (Å²) in [5.41, 5.74) is 0.753. The Kier molecular flexibility index (Phi) is 2.63. The van der Waals surface area contributed by atoms with Crippen molar-refractivity contribution in [2.45, 2.75) is 6.92 Å². The average molecular weight is 220 g/mol. The summed E-state index contributed by atoms with van der Waals surface area (Å²) in [7, 11) is 0. The van der Waals surface area contributed by atoms with Crippen molar-refractivity contribution in [1.29, 1.82) is 0 Å². The van der Waals surface area contributed by atoms with Crippen LogP contribution in [0.3, 0.4) is 0 Å². The van der Waals surface area contributed by atoms with Gasteiger partial charge in [-0.3, -0.25) is 4.79 Å². The van der Waals surface area contributed by atoms with Crippen molar-refractivity contribution in [3.05, 3.63) is 36.4 Å². The number of anilines is 1. The van der Waals surface area contributed by atoms with Crippen LogP contribution in [0.15, 0.2) is 30.6 Å². The molecule has 0 unspecified atom stereocenters. The fraction of sp³-hybridized carbons (Fsp3) is 0.100. The number of carbonyl (C=O) groups excluding carboxylic acids is 1. The molecule has 0 aliphatic carbocycles. The topological polar surface area (TPSA) is 59.8 Å². The summed E-state index contributed by atoms with van der Waals surface area (Å²) in [5.74, 6) is -0.811. The van der Waals surface area contributed by atoms with E-state index in [0.29, 0.717) is 5.69 Å². The van der Waals surface area contributed by atoms with Crippen molar-refractivity contribution >= 4 is 11.6 Å². The highest BCUT2D eigenvalue weighted by atomic mass is 19.1. The van der Waals surface area contributed by atoms with E-state index in [4.69, 9.17) is 0 Å². The Morgan fingerprint density at radius 1 is 1.50 bits per heavy atom. The number of hydrogen-bond donors (Lipinski definition) is 1. The molecule has 5 nitrogen and oxygen atoms in total. The molecule has 0 fully saturated rings. The van der Waals surface area contributed by atoms with Gasteiger partial charge < -0.3 is 5.32 Å². The molecular weight excluding hydrogens is 211 g/mol. The van der Waals surface area contributed by atoms with Crippen LogP contribution in [0.2, 0.25) is 0 Å². The monoisotopic (exact) mass is 220 g/mol. The highest BCUT2D eigenvalue weighted by Crippen LogP contribution is 2.18. The molecule has 6 heteroatoms. The van der Waals surface area contributed by atoms with Gasteiger partial charge in [-0.2, -0.15) is 0 Å². The molecule has 2 rings (SSSR count). The lowest BCUT2D eigenvalue weighted by Gasteiger charge is -2.06. The summed E-state index contributed by atoms with van der Waals surface area (Å²) in [6.45, 7) is 1.32. The minimum atomic E-state index is -0.487. The van der Waals surface area contributed by atoms with Crippen molar-refractivity contribution in [1.82, 2.24) is 15.0 Å². The maximum absolute atomic E-state index is 13.3. The second-order valence-corrected chi connectivity index (χ2v) is 3.19. The molecule has 1 heterocycles. The molecule has 0 aliphatic rings. The first kappa shape index (κ1) is 10.3. The van der Waals surface area contributed by atoms with Gasteiger partial charge in [0.25, 0.3) is 0 Å². The molecule has 0 radical (unpaired) electrons. The molecule has 82 valence electrons. The zero-order valence-electron chi connectivity index (χ0n) is 8.51. The van der Waals surface area contributed by atoms with E-state index in [1.165, 1.54) is 29.9 Å². The second kappa shape index (κ2) is 4.09. The van der Waals surface area contributed by atoms with E-state index < -0.39 is 5.82 Å². The van der Waals surface area contributed by atoms with Gasteiger partial charge in [-0.15, -0.1) is 5.10 Å². The van der Waals surface area contributed by atoms with Crippen molar-refractivity contribution in [3.8, 4) is 5.69 Å². The zero-order valence-corrected chi connectivity index (χ0v) is 8.51. The maximum atomic E-state index is 13.3. The van der Waals surface area contributed by atoms with Crippen LogP contribution in [-0.2, 0) is 4.79 Å². The lowest BCUT2D eigenvalue weighted by molar-refractivity contribution is -0.114. The number of halogens is 1. The summed E-state index contributed by atoms with van der Waals surface area (Å²) in [6, 6.07) is 4.31.